The van der Waals surface area contributed by atoms with Crippen LogP contribution in [0, 0.1) is 6.92 Å². The molecule has 0 saturated carbocycles. The number of nitrogens with one attached hydrogen (secondary N) is 1. The molecule has 0 fully saturated rings. The van der Waals surface area contributed by atoms with Gasteiger partial charge in [-0.05, 0) is 31.9 Å². The summed E-state index contributed by atoms with van der Waals surface area (Å²) in [6.45, 7) is 3.61. The van der Waals surface area contributed by atoms with Crippen molar-refractivity contribution in [3.8, 4) is 0 Å². The number of aromatic nitrogens is 2. The number of pyridine rings is 1. The van der Waals surface area contributed by atoms with Crippen molar-refractivity contribution >= 4 is 33.9 Å². The van der Waals surface area contributed by atoms with Gasteiger partial charge in [-0.1, -0.05) is 18.3 Å². The summed E-state index contributed by atoms with van der Waals surface area (Å²) in [4.78, 5) is 33.1. The second kappa shape index (κ2) is 6.52. The summed E-state index contributed by atoms with van der Waals surface area (Å²) in [5.41, 5.74) is 2.41. The van der Waals surface area contributed by atoms with E-state index in [-0.39, 0.29) is 17.4 Å². The van der Waals surface area contributed by atoms with Gasteiger partial charge in [-0.2, -0.15) is 0 Å². The number of nitrogens with zero attached hydrogens (tertiary/aromatic N) is 2. The van der Waals surface area contributed by atoms with E-state index in [1.165, 1.54) is 0 Å². The van der Waals surface area contributed by atoms with Crippen LogP contribution in [0.3, 0.4) is 0 Å². The van der Waals surface area contributed by atoms with Crippen molar-refractivity contribution in [2.45, 2.75) is 33.1 Å². The molecule has 0 spiro atoms. The Hall–Kier alpha value is -2.54. The molecule has 1 aliphatic rings. The summed E-state index contributed by atoms with van der Waals surface area (Å²) in [6, 6.07) is 3.53. The van der Waals surface area contributed by atoms with Crippen molar-refractivity contribution < 1.29 is 14.7 Å². The maximum atomic E-state index is 12.7. The SMILES string of the molecule is CCC(=O)Nc1nc2c(s1)C(=O)C(=C(O)c1ccc(C)nc1)CC2. The fourth-order valence-electron chi connectivity index (χ4n) is 2.46. The molecule has 0 radical (unpaired) electrons. The summed E-state index contributed by atoms with van der Waals surface area (Å²) in [7, 11) is 0. The van der Waals surface area contributed by atoms with Gasteiger partial charge >= 0.3 is 0 Å². The number of aliphatic hydroxyl groups is 1. The Bertz CT molecular complexity index is 837. The summed E-state index contributed by atoms with van der Waals surface area (Å²) >= 11 is 1.15. The molecule has 2 N–H and O–H groups in total. The van der Waals surface area contributed by atoms with E-state index in [2.05, 4.69) is 15.3 Å². The molecule has 24 heavy (non-hydrogen) atoms. The number of carbonyl (C=O) groups excluding carboxylic acids is 2. The Morgan fingerprint density at radius 3 is 2.83 bits per heavy atom. The van der Waals surface area contributed by atoms with Gasteiger partial charge in [0.25, 0.3) is 0 Å². The minimum atomic E-state index is -0.233. The lowest BCUT2D eigenvalue weighted by molar-refractivity contribution is -0.115. The number of anilines is 1. The molecule has 1 aliphatic carbocycles. The van der Waals surface area contributed by atoms with Gasteiger partial charge in [0.05, 0.1) is 5.69 Å². The van der Waals surface area contributed by atoms with Crippen LogP contribution in [0.15, 0.2) is 23.9 Å². The molecule has 7 heteroatoms. The number of ketones is 1. The van der Waals surface area contributed by atoms with Crippen LogP contribution < -0.4 is 5.32 Å². The highest BCUT2D eigenvalue weighted by molar-refractivity contribution is 7.18. The van der Waals surface area contributed by atoms with E-state index < -0.39 is 0 Å². The molecule has 0 atom stereocenters. The Labute approximate surface area is 143 Å². The topological polar surface area (TPSA) is 92.2 Å². The van der Waals surface area contributed by atoms with E-state index in [0.717, 1.165) is 17.0 Å². The van der Waals surface area contributed by atoms with Crippen LogP contribution in [-0.2, 0) is 11.2 Å². The number of allylic oxidation sites excluding steroid dienone is 1. The van der Waals surface area contributed by atoms with Crippen LogP contribution in [0.4, 0.5) is 5.13 Å². The molecule has 2 heterocycles. The molecule has 1 amide bonds. The van der Waals surface area contributed by atoms with Crippen molar-refractivity contribution in [3.05, 3.63) is 45.7 Å². The van der Waals surface area contributed by atoms with E-state index in [4.69, 9.17) is 0 Å². The van der Waals surface area contributed by atoms with Crippen molar-refractivity contribution in [2.24, 2.45) is 0 Å². The predicted octanol–water partition coefficient (Wildman–Crippen LogP) is 3.29. The van der Waals surface area contributed by atoms with Crippen LogP contribution >= 0.6 is 11.3 Å². The first-order valence-electron chi connectivity index (χ1n) is 7.69. The fraction of sp³-hybridized carbons (Fsp3) is 0.294. The molecule has 0 unspecified atom stereocenters. The smallest absolute Gasteiger partial charge is 0.225 e. The van der Waals surface area contributed by atoms with Gasteiger partial charge in [0.15, 0.2) is 5.13 Å². The predicted molar refractivity (Wildman–Crippen MR) is 92.2 cm³/mol. The van der Waals surface area contributed by atoms with Gasteiger partial charge in [-0.15, -0.1) is 0 Å². The molecule has 2 aromatic heterocycles. The monoisotopic (exact) mass is 343 g/mol. The zero-order valence-corrected chi connectivity index (χ0v) is 14.2. The maximum absolute atomic E-state index is 12.7. The molecule has 6 nitrogen and oxygen atoms in total. The van der Waals surface area contributed by atoms with E-state index in [1.54, 1.807) is 25.3 Å². The van der Waals surface area contributed by atoms with E-state index in [9.17, 15) is 14.7 Å². The number of hydrogen-bond donors (Lipinski definition) is 2. The molecular formula is C17H17N3O3S. The summed E-state index contributed by atoms with van der Waals surface area (Å²) in [5, 5.41) is 13.6. The zero-order chi connectivity index (χ0) is 17.3. The number of carbonyl (C=O) groups is 2. The standard InChI is InChI=1S/C17H17N3O3S/c1-3-13(21)20-17-19-12-7-6-11(15(23)16(12)24-17)14(22)10-5-4-9(2)18-8-10/h4-5,8,22H,3,6-7H2,1-2H3,(H,19,20,21). The summed E-state index contributed by atoms with van der Waals surface area (Å²) < 4.78 is 0. The zero-order valence-electron chi connectivity index (χ0n) is 13.4. The summed E-state index contributed by atoms with van der Waals surface area (Å²) in [5.74, 6) is -0.410. The highest BCUT2D eigenvalue weighted by Gasteiger charge is 2.29. The molecule has 0 aliphatic heterocycles. The number of amides is 1. The highest BCUT2D eigenvalue weighted by atomic mass is 32.1. The molecule has 0 bridgehead atoms. The Balaban J connectivity index is 1.92. The lowest BCUT2D eigenvalue weighted by Gasteiger charge is -2.14. The normalized spacial score (nSPS) is 15.8. The molecule has 0 aromatic carbocycles. The third kappa shape index (κ3) is 3.07. The average molecular weight is 343 g/mol. The van der Waals surface area contributed by atoms with Gasteiger partial charge < -0.3 is 10.4 Å². The Morgan fingerprint density at radius 2 is 2.17 bits per heavy atom. The van der Waals surface area contributed by atoms with Crippen LogP contribution in [0.1, 0.15) is 46.4 Å². The quantitative estimate of drug-likeness (QED) is 0.659. The Kier molecular flexibility index (Phi) is 4.44. The number of Topliss-reactive ketones (excluding diaryl/α,β-unsaturated/α-hetero) is 1. The maximum Gasteiger partial charge on any atom is 0.225 e. The van der Waals surface area contributed by atoms with E-state index in [1.807, 2.05) is 6.92 Å². The first-order valence-corrected chi connectivity index (χ1v) is 8.50. The molecular weight excluding hydrogens is 326 g/mol. The van der Waals surface area contributed by atoms with Crippen LogP contribution in [0.25, 0.3) is 5.76 Å². The lowest BCUT2D eigenvalue weighted by atomic mass is 9.93. The van der Waals surface area contributed by atoms with Gasteiger partial charge in [-0.3, -0.25) is 14.6 Å². The minimum absolute atomic E-state index is 0.0364. The van der Waals surface area contributed by atoms with E-state index in [0.29, 0.717) is 46.1 Å². The Morgan fingerprint density at radius 1 is 1.38 bits per heavy atom. The van der Waals surface area contributed by atoms with E-state index >= 15 is 0 Å². The fourth-order valence-corrected chi connectivity index (χ4v) is 3.46. The average Bonchev–Trinajstić information content (AvgIpc) is 2.98. The van der Waals surface area contributed by atoms with Crippen LogP contribution in [0.2, 0.25) is 0 Å². The highest BCUT2D eigenvalue weighted by Crippen LogP contribution is 2.34. The molecule has 124 valence electrons. The number of fused-ring (bicyclic) bond motifs is 1. The molecule has 2 aromatic rings. The first kappa shape index (κ1) is 16.3. The second-order valence-corrected chi connectivity index (χ2v) is 6.54. The van der Waals surface area contributed by atoms with Crippen molar-refractivity contribution in [1.29, 1.82) is 0 Å². The number of aliphatic hydroxyl groups excluding tert-OH is 1. The molecule has 3 rings (SSSR count). The lowest BCUT2D eigenvalue weighted by Crippen LogP contribution is -2.14. The van der Waals surface area contributed by atoms with Crippen molar-refractivity contribution in [1.82, 2.24) is 9.97 Å². The number of rotatable bonds is 3. The number of thiazole rings is 1. The largest absolute Gasteiger partial charge is 0.507 e. The van der Waals surface area contributed by atoms with Crippen molar-refractivity contribution in [3.63, 3.8) is 0 Å². The van der Waals surface area contributed by atoms with Gasteiger partial charge in [0, 0.05) is 29.4 Å². The van der Waals surface area contributed by atoms with Crippen LogP contribution in [-0.4, -0.2) is 26.8 Å². The van der Waals surface area contributed by atoms with Crippen molar-refractivity contribution in [2.75, 3.05) is 5.32 Å². The molecule has 0 saturated heterocycles. The number of hydrogen-bond acceptors (Lipinski definition) is 6. The first-order chi connectivity index (χ1) is 11.5. The van der Waals surface area contributed by atoms with Gasteiger partial charge in [-0.25, -0.2) is 4.98 Å². The van der Waals surface area contributed by atoms with Gasteiger partial charge in [0.1, 0.15) is 10.6 Å². The third-order valence-electron chi connectivity index (χ3n) is 3.83. The van der Waals surface area contributed by atoms with Gasteiger partial charge in [0.2, 0.25) is 11.7 Å². The second-order valence-electron chi connectivity index (χ2n) is 5.54. The van der Waals surface area contributed by atoms with Crippen LogP contribution in [0.5, 0.6) is 0 Å². The summed E-state index contributed by atoms with van der Waals surface area (Å²) in [6.07, 6.45) is 2.87. The number of aryl methyl sites for hydroxylation is 2. The minimum Gasteiger partial charge on any atom is -0.507 e. The third-order valence-corrected chi connectivity index (χ3v) is 4.84.